The molecule has 2 amide bonds. The minimum atomic E-state index is -4.00. The standard InChI is InChI=1S/C25H32N2O5S.C25H42N2O.C22H34N2O2.C22H30N2O2.CH4/c1-3-27(17-18-32-2)16-8-11-20-10-5-7-13-23(20)33(30,31)26-22-15-14-19-9-4-6-12-21(19)24(22)25(28)29;1-18(2)28-24(23(26)16-21-10-8-7-9-11-21)20(4)27-25(5,6)17-22-14-12-19(3)13-15-22;1-15(2)26-21(19(23)14-16-8-4-3-5-9-16)22(25)24-20-13-12-17-10-6-7-11-18(17)20;1-26-21(20(23)14-16-8-3-2-4-9-16)22(25)24-15-18-12-7-11-17-10-5-6-13-19(17)18;/h5,7-8,10-11,13-15,26H,3-4,6,9,12,16-18H2,1-2H3,(H,28,29);12-15,18,21,23-24,27H,4,7-11,16-17,26H2,1-3,5-6H3;6-7,10-11,15-16,19-21H,3-5,8-9,12-14,23H2,1-2H3,(H,24,25);5-7,10-13,16,20-21H,2-4,8-9,14-15,23H2,1H3,(H,24,25);1H4/b11-8-;;;;/t;23-,24?;19-,20?,21?;20-,21?;/m.111./s1. The number of sulfonamides is 1. The molecule has 6 aromatic rings. The van der Waals surface area contributed by atoms with Crippen molar-refractivity contribution in [1.29, 1.82) is 0 Å². The van der Waals surface area contributed by atoms with Crippen LogP contribution in [0.25, 0.3) is 16.8 Å². The van der Waals surface area contributed by atoms with Crippen LogP contribution in [0.15, 0.2) is 151 Å². The maximum absolute atomic E-state index is 13.3. The van der Waals surface area contributed by atoms with Crippen molar-refractivity contribution in [2.75, 3.05) is 45.2 Å². The Hall–Kier alpha value is -7.30. The van der Waals surface area contributed by atoms with E-state index in [9.17, 15) is 27.9 Å². The molecule has 3 saturated carbocycles. The van der Waals surface area contributed by atoms with Crippen molar-refractivity contribution in [3.05, 3.63) is 196 Å². The Balaban J connectivity index is 0.000000211. The summed E-state index contributed by atoms with van der Waals surface area (Å²) in [6.45, 7) is 24.5. The number of amides is 2. The van der Waals surface area contributed by atoms with Crippen LogP contribution in [-0.4, -0.2) is 131 Å². The minimum Gasteiger partial charge on any atom is -0.478 e. The molecule has 628 valence electrons. The predicted octanol–water partition coefficient (Wildman–Crippen LogP) is 17.8. The number of hydrogen-bond acceptors (Lipinski definition) is 14. The fourth-order valence-electron chi connectivity index (χ4n) is 17.3. The number of carboxylic acid groups (broad SMARTS) is 1. The van der Waals surface area contributed by atoms with E-state index in [1.165, 1.54) is 130 Å². The lowest BCUT2D eigenvalue weighted by atomic mass is 9.83. The third-order valence-electron chi connectivity index (χ3n) is 23.1. The van der Waals surface area contributed by atoms with Crippen molar-refractivity contribution >= 4 is 50.3 Å². The number of nitrogens with one attached hydrogen (secondary N) is 4. The van der Waals surface area contributed by atoms with E-state index in [0.717, 1.165) is 105 Å². The number of likely N-dealkylation sites (N-methyl/N-ethyl adjacent to an activating group) is 1. The Bertz CT molecular complexity index is 4050. The van der Waals surface area contributed by atoms with E-state index in [2.05, 4.69) is 134 Å². The summed E-state index contributed by atoms with van der Waals surface area (Å²) in [6.07, 6.45) is 30.9. The van der Waals surface area contributed by atoms with Gasteiger partial charge in [0.1, 0.15) is 6.10 Å². The van der Waals surface area contributed by atoms with Crippen LogP contribution in [0.4, 0.5) is 5.69 Å². The van der Waals surface area contributed by atoms with Gasteiger partial charge in [-0.05, 0) is 199 Å². The smallest absolute Gasteiger partial charge is 0.338 e. The molecule has 3 fully saturated rings. The molecule has 5 aliphatic rings. The quantitative estimate of drug-likeness (QED) is 0.0184. The highest BCUT2D eigenvalue weighted by atomic mass is 32.2. The van der Waals surface area contributed by atoms with E-state index in [1.54, 1.807) is 44.6 Å². The molecule has 7 atom stereocenters. The first kappa shape index (κ1) is 93.9. The summed E-state index contributed by atoms with van der Waals surface area (Å²) in [5, 5.41) is 22.1. The van der Waals surface area contributed by atoms with Gasteiger partial charge >= 0.3 is 5.97 Å². The van der Waals surface area contributed by atoms with Gasteiger partial charge in [0.15, 0.2) is 12.2 Å². The molecule has 11 N–H and O–H groups in total. The molecule has 114 heavy (non-hydrogen) atoms. The Morgan fingerprint density at radius 3 is 1.81 bits per heavy atom. The van der Waals surface area contributed by atoms with E-state index in [0.29, 0.717) is 43.5 Å². The third kappa shape index (κ3) is 29.7. The number of ether oxygens (including phenoxy) is 4. The lowest BCUT2D eigenvalue weighted by Gasteiger charge is -2.36. The van der Waals surface area contributed by atoms with E-state index >= 15 is 0 Å². The van der Waals surface area contributed by atoms with Gasteiger partial charge in [-0.15, -0.1) is 0 Å². The van der Waals surface area contributed by atoms with Gasteiger partial charge in [-0.3, -0.25) is 19.2 Å². The highest BCUT2D eigenvalue weighted by Crippen LogP contribution is 2.36. The molecule has 5 aliphatic carbocycles. The molecule has 18 nitrogen and oxygen atoms in total. The van der Waals surface area contributed by atoms with Crippen molar-refractivity contribution in [3.8, 4) is 0 Å². The van der Waals surface area contributed by atoms with E-state index in [4.69, 9.17) is 36.1 Å². The van der Waals surface area contributed by atoms with E-state index in [1.807, 2.05) is 56.3 Å². The maximum Gasteiger partial charge on any atom is 0.338 e. The highest BCUT2D eigenvalue weighted by Gasteiger charge is 2.35. The maximum atomic E-state index is 13.3. The SMILES string of the molecule is C.C=C(NC(C)(C)Cc1ccc(C)cc1)C(OC(C)C)[C@H](N)CC1CCCCC1.CC(C)OC(C(=O)NC1CCc2ccccc21)[C@H](N)CC1CCCCC1.CCN(C/C=C\c1ccccc1S(=O)(=O)Nc1ccc2c(c1C(=O)O)CCCC2)CCOC.COC(C(=O)NCc1cccc2ccccc12)[C@H](N)CC1CCCCC1. The van der Waals surface area contributed by atoms with Gasteiger partial charge in [-0.1, -0.05) is 250 Å². The number of methoxy groups -OCH3 is 2. The number of benzene rings is 6. The normalized spacial score (nSPS) is 17.7. The first-order valence-corrected chi connectivity index (χ1v) is 43.9. The number of nitrogens with two attached hydrogens (primary N) is 3. The number of aryl methyl sites for hydroxylation is 3. The second kappa shape index (κ2) is 47.8. The molecule has 0 radical (unpaired) electrons. The molecule has 4 unspecified atom stereocenters. The fourth-order valence-corrected chi connectivity index (χ4v) is 18.5. The topological polar surface area (TPSA) is 272 Å². The van der Waals surface area contributed by atoms with Crippen LogP contribution >= 0.6 is 0 Å². The molecule has 0 aromatic heterocycles. The molecule has 19 heteroatoms. The van der Waals surface area contributed by atoms with Gasteiger partial charge in [0, 0.05) is 63.2 Å². The summed E-state index contributed by atoms with van der Waals surface area (Å²) in [6, 6.07) is 41.2. The molecule has 6 aromatic carbocycles. The number of hydrogen-bond donors (Lipinski definition) is 8. The number of aromatic carboxylic acids is 1. The molecule has 0 spiro atoms. The lowest BCUT2D eigenvalue weighted by molar-refractivity contribution is -0.138. The molecule has 0 saturated heterocycles. The van der Waals surface area contributed by atoms with Gasteiger partial charge in [0.05, 0.1) is 41.0 Å². The van der Waals surface area contributed by atoms with Crippen LogP contribution in [-0.2, 0) is 70.8 Å². The van der Waals surface area contributed by atoms with Gasteiger partial charge < -0.3 is 57.2 Å². The average molecular weight is 1590 g/mol. The Morgan fingerprint density at radius 2 is 1.20 bits per heavy atom. The van der Waals surface area contributed by atoms with E-state index < -0.39 is 28.2 Å². The molecular formula is C95H142N8O10S. The van der Waals surface area contributed by atoms with Gasteiger partial charge in [0.25, 0.3) is 21.8 Å². The number of fused-ring (bicyclic) bond motifs is 3. The summed E-state index contributed by atoms with van der Waals surface area (Å²) in [5.74, 6) is 0.706. The molecule has 0 heterocycles. The first-order chi connectivity index (χ1) is 54.3. The number of nitrogens with zero attached hydrogens (tertiary/aromatic N) is 1. The summed E-state index contributed by atoms with van der Waals surface area (Å²) in [4.78, 5) is 40.0. The summed E-state index contributed by atoms with van der Waals surface area (Å²) in [5.41, 5.74) is 29.0. The Kier molecular flexibility index (Phi) is 39.4. The zero-order valence-corrected chi connectivity index (χ0v) is 70.7. The van der Waals surface area contributed by atoms with Crippen molar-refractivity contribution in [2.24, 2.45) is 35.0 Å². The Morgan fingerprint density at radius 1 is 0.640 bits per heavy atom. The predicted molar refractivity (Wildman–Crippen MR) is 468 cm³/mol. The van der Waals surface area contributed by atoms with Crippen molar-refractivity contribution < 1.29 is 46.9 Å². The van der Waals surface area contributed by atoms with Crippen LogP contribution in [0.1, 0.15) is 252 Å². The molecule has 0 bridgehead atoms. The van der Waals surface area contributed by atoms with Crippen LogP contribution in [0.2, 0.25) is 0 Å². The van der Waals surface area contributed by atoms with Crippen molar-refractivity contribution in [2.45, 2.75) is 295 Å². The number of carbonyl (C=O) groups excluding carboxylic acids is 2. The molecule has 0 aliphatic heterocycles. The number of rotatable bonds is 35. The van der Waals surface area contributed by atoms with Crippen LogP contribution in [0.3, 0.4) is 0 Å². The number of carbonyl (C=O) groups is 3. The summed E-state index contributed by atoms with van der Waals surface area (Å²) >= 11 is 0. The average Bonchev–Trinajstić information content (AvgIpc) is 0.800. The van der Waals surface area contributed by atoms with Crippen molar-refractivity contribution in [3.63, 3.8) is 0 Å². The largest absolute Gasteiger partial charge is 0.478 e. The number of anilines is 1. The van der Waals surface area contributed by atoms with E-state index in [-0.39, 0.29) is 83.4 Å². The molecule has 11 rings (SSSR count). The van der Waals surface area contributed by atoms with Crippen LogP contribution < -0.4 is 37.9 Å². The Labute approximate surface area is 685 Å². The van der Waals surface area contributed by atoms with Crippen LogP contribution in [0, 0.1) is 24.7 Å². The van der Waals surface area contributed by atoms with Gasteiger partial charge in [0.2, 0.25) is 0 Å². The molecular weight excluding hydrogens is 1450 g/mol. The minimum absolute atomic E-state index is 0. The first-order valence-electron chi connectivity index (χ1n) is 42.4. The number of carboxylic acids is 1. The zero-order valence-electron chi connectivity index (χ0n) is 69.8. The lowest BCUT2D eigenvalue weighted by Crippen LogP contribution is -2.50. The highest BCUT2D eigenvalue weighted by molar-refractivity contribution is 7.92. The van der Waals surface area contributed by atoms with Gasteiger partial charge in [-0.25, -0.2) is 13.2 Å². The van der Waals surface area contributed by atoms with Crippen molar-refractivity contribution in [1.82, 2.24) is 20.9 Å². The third-order valence-corrected chi connectivity index (χ3v) is 24.5. The summed E-state index contributed by atoms with van der Waals surface area (Å²) in [7, 11) is -0.760. The summed E-state index contributed by atoms with van der Waals surface area (Å²) < 4.78 is 51.9. The fraction of sp³-hybridized carbons (Fsp3) is 0.568. The monoisotopic (exact) mass is 1590 g/mol. The second-order valence-corrected chi connectivity index (χ2v) is 35.1. The van der Waals surface area contributed by atoms with Crippen LogP contribution in [0.5, 0.6) is 0 Å². The van der Waals surface area contributed by atoms with Gasteiger partial charge in [-0.2, -0.15) is 0 Å². The second-order valence-electron chi connectivity index (χ2n) is 33.5. The zero-order chi connectivity index (χ0) is 81.5.